The minimum atomic E-state index is -4.78. The molecule has 1 fully saturated rings. The van der Waals surface area contributed by atoms with Crippen LogP contribution in [0.1, 0.15) is 45.6 Å². The van der Waals surface area contributed by atoms with Crippen LogP contribution in [0.5, 0.6) is 5.75 Å². The topological polar surface area (TPSA) is 59.1 Å². The Bertz CT molecular complexity index is 857. The Balaban J connectivity index is 1.69. The molecule has 0 N–H and O–H groups in total. The number of hydrogen-bond donors (Lipinski definition) is 0. The van der Waals surface area contributed by atoms with Gasteiger partial charge in [-0.05, 0) is 57.7 Å². The SMILES string of the molecule is CC(C)(C)OC(=O)N1CCC=C(C(=O)N(Cc2cccc(OC(F)(F)F)c2)C2CC2)C1. The van der Waals surface area contributed by atoms with Gasteiger partial charge in [-0.15, -0.1) is 13.2 Å². The van der Waals surface area contributed by atoms with E-state index in [2.05, 4.69) is 4.74 Å². The summed E-state index contributed by atoms with van der Waals surface area (Å²) in [5, 5.41) is 0. The van der Waals surface area contributed by atoms with Crippen molar-refractivity contribution < 1.29 is 32.2 Å². The van der Waals surface area contributed by atoms with Gasteiger partial charge in [0.15, 0.2) is 0 Å². The second-order valence-electron chi connectivity index (χ2n) is 8.78. The zero-order chi connectivity index (χ0) is 22.8. The molecule has 0 unspecified atom stereocenters. The fraction of sp³-hybridized carbons (Fsp3) is 0.545. The van der Waals surface area contributed by atoms with Crippen molar-refractivity contribution in [3.63, 3.8) is 0 Å². The highest BCUT2D eigenvalue weighted by Gasteiger charge is 2.36. The van der Waals surface area contributed by atoms with Gasteiger partial charge in [0.1, 0.15) is 11.4 Å². The van der Waals surface area contributed by atoms with Crippen LogP contribution in [0.3, 0.4) is 0 Å². The maximum atomic E-state index is 13.2. The molecule has 1 heterocycles. The van der Waals surface area contributed by atoms with E-state index in [0.29, 0.717) is 24.1 Å². The number of rotatable bonds is 5. The summed E-state index contributed by atoms with van der Waals surface area (Å²) < 4.78 is 46.9. The van der Waals surface area contributed by atoms with E-state index < -0.39 is 18.1 Å². The van der Waals surface area contributed by atoms with E-state index in [4.69, 9.17) is 4.74 Å². The summed E-state index contributed by atoms with van der Waals surface area (Å²) in [7, 11) is 0. The van der Waals surface area contributed by atoms with Gasteiger partial charge in [0, 0.05) is 24.7 Å². The van der Waals surface area contributed by atoms with Crippen LogP contribution in [0.15, 0.2) is 35.9 Å². The quantitative estimate of drug-likeness (QED) is 0.669. The molecule has 1 aliphatic carbocycles. The van der Waals surface area contributed by atoms with Crippen molar-refractivity contribution in [2.75, 3.05) is 13.1 Å². The van der Waals surface area contributed by atoms with Crippen LogP contribution in [-0.2, 0) is 16.1 Å². The molecule has 2 aliphatic rings. The highest BCUT2D eigenvalue weighted by Crippen LogP contribution is 2.31. The number of nitrogens with zero attached hydrogens (tertiary/aromatic N) is 2. The highest BCUT2D eigenvalue weighted by atomic mass is 19.4. The summed E-state index contributed by atoms with van der Waals surface area (Å²) in [5.41, 5.74) is 0.403. The van der Waals surface area contributed by atoms with Gasteiger partial charge in [0.2, 0.25) is 0 Å². The predicted molar refractivity (Wildman–Crippen MR) is 107 cm³/mol. The minimum Gasteiger partial charge on any atom is -0.444 e. The zero-order valence-corrected chi connectivity index (χ0v) is 17.9. The van der Waals surface area contributed by atoms with Crippen LogP contribution < -0.4 is 4.74 Å². The van der Waals surface area contributed by atoms with Crippen LogP contribution in [0, 0.1) is 0 Å². The number of carbonyl (C=O) groups is 2. The van der Waals surface area contributed by atoms with Crippen LogP contribution in [0.25, 0.3) is 0 Å². The molecule has 1 aromatic carbocycles. The van der Waals surface area contributed by atoms with Crippen molar-refractivity contribution in [2.24, 2.45) is 0 Å². The molecule has 0 radical (unpaired) electrons. The van der Waals surface area contributed by atoms with Crippen molar-refractivity contribution in [2.45, 2.75) is 64.6 Å². The van der Waals surface area contributed by atoms with E-state index in [1.54, 1.807) is 31.7 Å². The van der Waals surface area contributed by atoms with Gasteiger partial charge in [0.05, 0.1) is 6.54 Å². The van der Waals surface area contributed by atoms with Gasteiger partial charge >= 0.3 is 12.5 Å². The lowest BCUT2D eigenvalue weighted by molar-refractivity contribution is -0.274. The van der Waals surface area contributed by atoms with Crippen molar-refractivity contribution in [1.29, 1.82) is 0 Å². The molecule has 1 saturated carbocycles. The second kappa shape index (κ2) is 8.80. The lowest BCUT2D eigenvalue weighted by Gasteiger charge is -2.32. The third kappa shape index (κ3) is 6.90. The Morgan fingerprint density at radius 3 is 2.52 bits per heavy atom. The molecule has 0 aromatic heterocycles. The normalized spacial score (nSPS) is 17.1. The first-order chi connectivity index (χ1) is 14.4. The van der Waals surface area contributed by atoms with E-state index in [0.717, 1.165) is 12.8 Å². The second-order valence-corrected chi connectivity index (χ2v) is 8.78. The van der Waals surface area contributed by atoms with Gasteiger partial charge in [-0.3, -0.25) is 4.79 Å². The first-order valence-electron chi connectivity index (χ1n) is 10.2. The molecule has 0 bridgehead atoms. The molecular formula is C22H27F3N2O4. The summed E-state index contributed by atoms with van der Waals surface area (Å²) in [6.07, 6.45) is -1.21. The Labute approximate surface area is 179 Å². The summed E-state index contributed by atoms with van der Waals surface area (Å²) >= 11 is 0. The number of ether oxygens (including phenoxy) is 2. The number of benzene rings is 1. The molecule has 6 nitrogen and oxygen atoms in total. The zero-order valence-electron chi connectivity index (χ0n) is 17.9. The molecule has 31 heavy (non-hydrogen) atoms. The van der Waals surface area contributed by atoms with Gasteiger partial charge in [0.25, 0.3) is 5.91 Å². The third-order valence-electron chi connectivity index (χ3n) is 4.81. The number of alkyl halides is 3. The van der Waals surface area contributed by atoms with E-state index >= 15 is 0 Å². The van der Waals surface area contributed by atoms with Crippen molar-refractivity contribution in [1.82, 2.24) is 9.80 Å². The Morgan fingerprint density at radius 1 is 1.19 bits per heavy atom. The molecule has 0 saturated heterocycles. The first-order valence-corrected chi connectivity index (χ1v) is 10.2. The summed E-state index contributed by atoms with van der Waals surface area (Å²) in [6, 6.07) is 5.68. The molecule has 1 aromatic rings. The van der Waals surface area contributed by atoms with E-state index in [9.17, 15) is 22.8 Å². The number of halogens is 3. The molecular weight excluding hydrogens is 413 g/mol. The summed E-state index contributed by atoms with van der Waals surface area (Å²) in [4.78, 5) is 28.8. The summed E-state index contributed by atoms with van der Waals surface area (Å²) in [5.74, 6) is -0.529. The Hall–Kier alpha value is -2.71. The molecule has 9 heteroatoms. The molecule has 1 aliphatic heterocycles. The largest absolute Gasteiger partial charge is 0.573 e. The van der Waals surface area contributed by atoms with Crippen LogP contribution in [-0.4, -0.2) is 52.9 Å². The number of carbonyl (C=O) groups excluding carboxylic acids is 2. The van der Waals surface area contributed by atoms with Crippen LogP contribution >= 0.6 is 0 Å². The van der Waals surface area contributed by atoms with Crippen molar-refractivity contribution in [3.8, 4) is 5.75 Å². The molecule has 0 spiro atoms. The summed E-state index contributed by atoms with van der Waals surface area (Å²) in [6.45, 7) is 6.12. The fourth-order valence-electron chi connectivity index (χ4n) is 3.36. The van der Waals surface area contributed by atoms with Crippen LogP contribution in [0.4, 0.5) is 18.0 Å². The lowest BCUT2D eigenvalue weighted by atomic mass is 10.1. The highest BCUT2D eigenvalue weighted by molar-refractivity contribution is 5.95. The average Bonchev–Trinajstić information content (AvgIpc) is 3.48. The van der Waals surface area contributed by atoms with Gasteiger partial charge in [-0.1, -0.05) is 18.2 Å². The standard InChI is InChI=1S/C22H27F3N2O4/c1-21(2,3)31-20(29)26-11-5-7-16(14-26)19(28)27(17-9-10-17)13-15-6-4-8-18(12-15)30-22(23,24)25/h4,6-8,12,17H,5,9-11,13-14H2,1-3H3. The maximum Gasteiger partial charge on any atom is 0.573 e. The van der Waals surface area contributed by atoms with Crippen molar-refractivity contribution >= 4 is 12.0 Å². The van der Waals surface area contributed by atoms with E-state index in [-0.39, 0.29) is 30.8 Å². The predicted octanol–water partition coefficient (Wildman–Crippen LogP) is 4.64. The Kier molecular flexibility index (Phi) is 6.52. The molecule has 170 valence electrons. The smallest absolute Gasteiger partial charge is 0.444 e. The lowest BCUT2D eigenvalue weighted by Crippen LogP contribution is -2.43. The maximum absolute atomic E-state index is 13.2. The Morgan fingerprint density at radius 2 is 1.90 bits per heavy atom. The van der Waals surface area contributed by atoms with Gasteiger partial charge in [-0.2, -0.15) is 0 Å². The van der Waals surface area contributed by atoms with Gasteiger partial charge in [-0.25, -0.2) is 4.79 Å². The fourth-order valence-corrected chi connectivity index (χ4v) is 3.36. The van der Waals surface area contributed by atoms with Crippen molar-refractivity contribution in [3.05, 3.63) is 41.5 Å². The van der Waals surface area contributed by atoms with Crippen LogP contribution in [0.2, 0.25) is 0 Å². The number of hydrogen-bond acceptors (Lipinski definition) is 4. The van der Waals surface area contributed by atoms with Gasteiger partial charge < -0.3 is 19.3 Å². The minimum absolute atomic E-state index is 0.0393. The average molecular weight is 440 g/mol. The third-order valence-corrected chi connectivity index (χ3v) is 4.81. The van der Waals surface area contributed by atoms with E-state index in [1.807, 2.05) is 6.08 Å². The molecule has 2 amide bonds. The van der Waals surface area contributed by atoms with E-state index in [1.165, 1.54) is 23.1 Å². The monoisotopic (exact) mass is 440 g/mol. The first kappa shape index (κ1) is 23.0. The number of amides is 2. The molecule has 0 atom stereocenters. The molecule has 3 rings (SSSR count).